The Morgan fingerprint density at radius 3 is 2.19 bits per heavy atom. The molecule has 0 amide bonds. The van der Waals surface area contributed by atoms with Crippen LogP contribution in [0.15, 0.2) is 0 Å². The van der Waals surface area contributed by atoms with Gasteiger partial charge in [0.15, 0.2) is 0 Å². The number of rotatable bonds is 5. The lowest BCUT2D eigenvalue weighted by atomic mass is 9.62. The molecule has 1 rings (SSSR count). The lowest BCUT2D eigenvalue weighted by molar-refractivity contribution is -0.0268. The third-order valence-electron chi connectivity index (χ3n) is 4.54. The highest BCUT2D eigenvalue weighted by molar-refractivity contribution is 4.94. The second-order valence-electron chi connectivity index (χ2n) is 6.39. The second-order valence-corrected chi connectivity index (χ2v) is 6.39. The molecule has 1 atom stereocenters. The van der Waals surface area contributed by atoms with Crippen LogP contribution in [-0.2, 0) is 0 Å². The zero-order chi connectivity index (χ0) is 12.2. The number of nitrogens with two attached hydrogens (primary N) is 1. The molecule has 0 saturated heterocycles. The Bertz CT molecular complexity index is 203. The van der Waals surface area contributed by atoms with E-state index in [0.717, 1.165) is 32.1 Å². The van der Waals surface area contributed by atoms with E-state index in [-0.39, 0.29) is 11.5 Å². The summed E-state index contributed by atoms with van der Waals surface area (Å²) >= 11 is 0. The van der Waals surface area contributed by atoms with E-state index in [1.165, 1.54) is 12.8 Å². The molecule has 0 aromatic heterocycles. The van der Waals surface area contributed by atoms with Gasteiger partial charge in [-0.3, -0.25) is 0 Å². The summed E-state index contributed by atoms with van der Waals surface area (Å²) in [7, 11) is 0. The zero-order valence-electron chi connectivity index (χ0n) is 11.3. The van der Waals surface area contributed by atoms with Crippen LogP contribution in [0.1, 0.15) is 65.7 Å². The van der Waals surface area contributed by atoms with Crippen molar-refractivity contribution in [3.8, 4) is 0 Å². The molecule has 0 aliphatic heterocycles. The quantitative estimate of drug-likeness (QED) is 0.758. The first kappa shape index (κ1) is 14.0. The molecule has 0 aromatic carbocycles. The summed E-state index contributed by atoms with van der Waals surface area (Å²) in [6.07, 6.45) is 7.61. The molecule has 1 fully saturated rings. The molecule has 3 N–H and O–H groups in total. The lowest BCUT2D eigenvalue weighted by Gasteiger charge is -2.45. The Labute approximate surface area is 101 Å². The molecule has 1 aliphatic rings. The molecule has 2 heteroatoms. The van der Waals surface area contributed by atoms with E-state index in [1.54, 1.807) is 0 Å². The fraction of sp³-hybridized carbons (Fsp3) is 1.00. The van der Waals surface area contributed by atoms with Gasteiger partial charge in [0.05, 0.1) is 6.10 Å². The predicted molar refractivity (Wildman–Crippen MR) is 69.3 cm³/mol. The molecule has 0 aromatic rings. The van der Waals surface area contributed by atoms with E-state index >= 15 is 0 Å². The minimum absolute atomic E-state index is 0.0185. The highest BCUT2D eigenvalue weighted by atomic mass is 16.3. The molecule has 1 aliphatic carbocycles. The number of hydrogen-bond donors (Lipinski definition) is 2. The van der Waals surface area contributed by atoms with Crippen molar-refractivity contribution in [2.24, 2.45) is 16.6 Å². The molecule has 1 saturated carbocycles. The van der Waals surface area contributed by atoms with Crippen LogP contribution in [0.25, 0.3) is 0 Å². The van der Waals surface area contributed by atoms with Gasteiger partial charge in [0, 0.05) is 12.0 Å². The van der Waals surface area contributed by atoms with Gasteiger partial charge < -0.3 is 10.8 Å². The number of aliphatic hydroxyl groups excluding tert-OH is 1. The smallest absolute Gasteiger partial charge is 0.0608 e. The van der Waals surface area contributed by atoms with Crippen molar-refractivity contribution in [3.05, 3.63) is 0 Å². The normalized spacial score (nSPS) is 25.3. The average molecular weight is 227 g/mol. The molecule has 16 heavy (non-hydrogen) atoms. The molecule has 0 radical (unpaired) electrons. The zero-order valence-corrected chi connectivity index (χ0v) is 11.3. The monoisotopic (exact) mass is 227 g/mol. The van der Waals surface area contributed by atoms with Crippen LogP contribution in [0.3, 0.4) is 0 Å². The van der Waals surface area contributed by atoms with E-state index in [2.05, 4.69) is 20.8 Å². The van der Waals surface area contributed by atoms with Gasteiger partial charge in [-0.2, -0.15) is 0 Å². The number of aliphatic hydroxyl groups is 1. The van der Waals surface area contributed by atoms with Gasteiger partial charge in [0.25, 0.3) is 0 Å². The molecular formula is C14H29NO. The van der Waals surface area contributed by atoms with Crippen molar-refractivity contribution in [2.45, 2.75) is 71.8 Å². The molecule has 96 valence electrons. The maximum atomic E-state index is 10.3. The van der Waals surface area contributed by atoms with Crippen molar-refractivity contribution in [2.75, 3.05) is 6.54 Å². The van der Waals surface area contributed by atoms with Gasteiger partial charge in [-0.25, -0.2) is 0 Å². The van der Waals surface area contributed by atoms with Crippen LogP contribution in [0, 0.1) is 10.8 Å². The first-order chi connectivity index (χ1) is 7.46. The molecule has 0 spiro atoms. The van der Waals surface area contributed by atoms with E-state index in [4.69, 9.17) is 5.73 Å². The maximum absolute atomic E-state index is 10.3. The first-order valence-corrected chi connectivity index (χ1v) is 6.84. The lowest BCUT2D eigenvalue weighted by Crippen LogP contribution is -2.45. The summed E-state index contributed by atoms with van der Waals surface area (Å²) in [6.45, 7) is 7.47. The maximum Gasteiger partial charge on any atom is 0.0608 e. The standard InChI is InChI=1S/C14H29NO/c1-4-5-6-12(16)14(11-15)9-7-13(2,3)8-10-14/h12,16H,4-11,15H2,1-3H3. The van der Waals surface area contributed by atoms with E-state index < -0.39 is 0 Å². The van der Waals surface area contributed by atoms with Crippen LogP contribution < -0.4 is 5.73 Å². The topological polar surface area (TPSA) is 46.2 Å². The van der Waals surface area contributed by atoms with Gasteiger partial charge in [-0.05, 0) is 37.5 Å². The van der Waals surface area contributed by atoms with Gasteiger partial charge >= 0.3 is 0 Å². The van der Waals surface area contributed by atoms with Gasteiger partial charge in [-0.1, -0.05) is 33.6 Å². The largest absolute Gasteiger partial charge is 0.393 e. The van der Waals surface area contributed by atoms with Crippen molar-refractivity contribution < 1.29 is 5.11 Å². The van der Waals surface area contributed by atoms with Crippen LogP contribution in [0.2, 0.25) is 0 Å². The SMILES string of the molecule is CCCCC(O)C1(CN)CCC(C)(C)CC1. The fourth-order valence-corrected chi connectivity index (χ4v) is 2.80. The fourth-order valence-electron chi connectivity index (χ4n) is 2.80. The number of unbranched alkanes of at least 4 members (excludes halogenated alkanes) is 1. The summed E-state index contributed by atoms with van der Waals surface area (Å²) in [5.41, 5.74) is 6.41. The Morgan fingerprint density at radius 1 is 1.19 bits per heavy atom. The third kappa shape index (κ3) is 3.21. The third-order valence-corrected chi connectivity index (χ3v) is 4.54. The van der Waals surface area contributed by atoms with Gasteiger partial charge in [0.2, 0.25) is 0 Å². The highest BCUT2D eigenvalue weighted by Gasteiger charge is 2.41. The van der Waals surface area contributed by atoms with Crippen molar-refractivity contribution >= 4 is 0 Å². The van der Waals surface area contributed by atoms with Crippen LogP contribution in [-0.4, -0.2) is 17.8 Å². The van der Waals surface area contributed by atoms with Gasteiger partial charge in [-0.15, -0.1) is 0 Å². The van der Waals surface area contributed by atoms with E-state index in [0.29, 0.717) is 12.0 Å². The summed E-state index contributed by atoms with van der Waals surface area (Å²) in [6, 6.07) is 0. The van der Waals surface area contributed by atoms with E-state index in [9.17, 15) is 5.11 Å². The Morgan fingerprint density at radius 2 is 1.75 bits per heavy atom. The Balaban J connectivity index is 2.58. The minimum atomic E-state index is -0.187. The number of hydrogen-bond acceptors (Lipinski definition) is 2. The first-order valence-electron chi connectivity index (χ1n) is 6.84. The average Bonchev–Trinajstić information content (AvgIpc) is 2.27. The van der Waals surface area contributed by atoms with Crippen molar-refractivity contribution in [1.82, 2.24) is 0 Å². The highest BCUT2D eigenvalue weighted by Crippen LogP contribution is 2.47. The van der Waals surface area contributed by atoms with E-state index in [1.807, 2.05) is 0 Å². The Hall–Kier alpha value is -0.0800. The molecule has 1 unspecified atom stereocenters. The summed E-state index contributed by atoms with van der Waals surface area (Å²) in [5.74, 6) is 0. The molecule has 0 bridgehead atoms. The predicted octanol–water partition coefficient (Wildman–Crippen LogP) is 3.08. The Kier molecular flexibility index (Phi) is 4.81. The summed E-state index contributed by atoms with van der Waals surface area (Å²) in [5, 5.41) is 10.3. The molecule has 2 nitrogen and oxygen atoms in total. The summed E-state index contributed by atoms with van der Waals surface area (Å²) in [4.78, 5) is 0. The van der Waals surface area contributed by atoms with Crippen molar-refractivity contribution in [3.63, 3.8) is 0 Å². The van der Waals surface area contributed by atoms with Gasteiger partial charge in [0.1, 0.15) is 0 Å². The second kappa shape index (κ2) is 5.50. The van der Waals surface area contributed by atoms with Crippen LogP contribution >= 0.6 is 0 Å². The van der Waals surface area contributed by atoms with Crippen LogP contribution in [0.4, 0.5) is 0 Å². The minimum Gasteiger partial charge on any atom is -0.393 e. The molecular weight excluding hydrogens is 198 g/mol. The van der Waals surface area contributed by atoms with Crippen LogP contribution in [0.5, 0.6) is 0 Å². The van der Waals surface area contributed by atoms with Crippen molar-refractivity contribution in [1.29, 1.82) is 0 Å². The molecule has 0 heterocycles. The summed E-state index contributed by atoms with van der Waals surface area (Å²) < 4.78 is 0.